The summed E-state index contributed by atoms with van der Waals surface area (Å²) in [6, 6.07) is 8.96. The number of carbonyl (C=O) groups is 2. The Morgan fingerprint density at radius 3 is 1.79 bits per heavy atom. The van der Waals surface area contributed by atoms with Gasteiger partial charge >= 0.3 is 11.9 Å². The Morgan fingerprint density at radius 2 is 1.21 bits per heavy atom. The number of hydrogen-bond donors (Lipinski definition) is 0. The predicted molar refractivity (Wildman–Crippen MR) is 86.6 cm³/mol. The van der Waals surface area contributed by atoms with Gasteiger partial charge in [-0.25, -0.2) is 13.2 Å². The van der Waals surface area contributed by atoms with Crippen molar-refractivity contribution in [3.8, 4) is 5.75 Å². The maximum Gasteiger partial charge on any atom is 0.311 e. The average Bonchev–Trinajstić information content (AvgIpc) is 2.70. The van der Waals surface area contributed by atoms with Crippen molar-refractivity contribution in [3.05, 3.63) is 65.0 Å². The van der Waals surface area contributed by atoms with Gasteiger partial charge in [0.1, 0.15) is 6.61 Å². The van der Waals surface area contributed by atoms with E-state index in [1.807, 2.05) is 6.07 Å². The molecule has 0 unspecified atom stereocenters. The van der Waals surface area contributed by atoms with Crippen LogP contribution in [0.25, 0.3) is 0 Å². The van der Waals surface area contributed by atoms with E-state index in [1.165, 1.54) is 0 Å². The van der Waals surface area contributed by atoms with Gasteiger partial charge in [0.2, 0.25) is 34.8 Å². The van der Waals surface area contributed by atoms with E-state index in [-0.39, 0.29) is 32.3 Å². The molecule has 0 aromatic heterocycles. The first kappa shape index (κ1) is 21.3. The highest BCUT2D eigenvalue weighted by molar-refractivity contribution is 5.73. The molecule has 150 valence electrons. The Kier molecular flexibility index (Phi) is 7.48. The van der Waals surface area contributed by atoms with Crippen LogP contribution in [0.2, 0.25) is 0 Å². The maximum atomic E-state index is 13.4. The summed E-state index contributed by atoms with van der Waals surface area (Å²) >= 11 is 0. The number of rotatable bonds is 8. The molecule has 2 aromatic rings. The fourth-order valence-corrected chi connectivity index (χ4v) is 2.19. The highest BCUT2D eigenvalue weighted by Crippen LogP contribution is 2.29. The van der Waals surface area contributed by atoms with Crippen LogP contribution < -0.4 is 4.74 Å². The molecule has 0 fully saturated rings. The first-order valence-corrected chi connectivity index (χ1v) is 8.23. The second kappa shape index (κ2) is 9.82. The average molecular weight is 402 g/mol. The summed E-state index contributed by atoms with van der Waals surface area (Å²) in [6.45, 7) is 0.0992. The van der Waals surface area contributed by atoms with Crippen molar-refractivity contribution < 1.29 is 41.0 Å². The number of esters is 2. The molecule has 28 heavy (non-hydrogen) atoms. The summed E-state index contributed by atoms with van der Waals surface area (Å²) in [5.74, 6) is -14.6. The minimum absolute atomic E-state index is 0.0113. The molecule has 4 nitrogen and oxygen atoms in total. The fraction of sp³-hybridized carbons (Fsp3) is 0.263. The van der Waals surface area contributed by atoms with E-state index < -0.39 is 46.8 Å². The number of ether oxygens (including phenoxy) is 2. The highest BCUT2D eigenvalue weighted by atomic mass is 19.2. The zero-order valence-corrected chi connectivity index (χ0v) is 14.4. The van der Waals surface area contributed by atoms with Gasteiger partial charge in [-0.15, -0.1) is 0 Å². The van der Waals surface area contributed by atoms with Gasteiger partial charge in [0.15, 0.2) is 0 Å². The Bertz CT molecular complexity index is 826. The molecule has 0 amide bonds. The lowest BCUT2D eigenvalue weighted by atomic mass is 10.2. The third kappa shape index (κ3) is 5.51. The van der Waals surface area contributed by atoms with Crippen molar-refractivity contribution in [2.75, 3.05) is 0 Å². The van der Waals surface area contributed by atoms with E-state index in [0.29, 0.717) is 0 Å². The quantitative estimate of drug-likeness (QED) is 0.162. The zero-order valence-electron chi connectivity index (χ0n) is 14.4. The summed E-state index contributed by atoms with van der Waals surface area (Å²) < 4.78 is 75.1. The first-order chi connectivity index (χ1) is 13.3. The Balaban J connectivity index is 1.75. The topological polar surface area (TPSA) is 52.6 Å². The summed E-state index contributed by atoms with van der Waals surface area (Å²) in [4.78, 5) is 23.2. The van der Waals surface area contributed by atoms with Crippen LogP contribution >= 0.6 is 0 Å². The van der Waals surface area contributed by atoms with Crippen LogP contribution in [-0.2, 0) is 20.9 Å². The zero-order chi connectivity index (χ0) is 20.7. The summed E-state index contributed by atoms with van der Waals surface area (Å²) in [6.07, 6.45) is -0.0946. The Labute approximate surface area is 156 Å². The highest BCUT2D eigenvalue weighted by Gasteiger charge is 2.28. The van der Waals surface area contributed by atoms with E-state index in [0.717, 1.165) is 5.56 Å². The largest absolute Gasteiger partial charge is 0.461 e. The van der Waals surface area contributed by atoms with Crippen LogP contribution in [0.1, 0.15) is 31.2 Å². The maximum absolute atomic E-state index is 13.4. The summed E-state index contributed by atoms with van der Waals surface area (Å²) in [5, 5.41) is 0. The van der Waals surface area contributed by atoms with Crippen molar-refractivity contribution in [3.63, 3.8) is 0 Å². The van der Waals surface area contributed by atoms with E-state index in [2.05, 4.69) is 4.74 Å². The lowest BCUT2D eigenvalue weighted by Gasteiger charge is -2.09. The van der Waals surface area contributed by atoms with E-state index >= 15 is 0 Å². The molecule has 0 aliphatic carbocycles. The molecule has 0 aliphatic rings. The number of unbranched alkanes of at least 4 members (excludes halogenated alkanes) is 1. The molecule has 0 atom stereocenters. The third-order valence-corrected chi connectivity index (χ3v) is 3.64. The molecule has 0 bridgehead atoms. The van der Waals surface area contributed by atoms with Crippen LogP contribution in [0.3, 0.4) is 0 Å². The van der Waals surface area contributed by atoms with Gasteiger partial charge in [-0.2, -0.15) is 8.78 Å². The number of benzene rings is 2. The molecule has 2 aromatic carbocycles. The van der Waals surface area contributed by atoms with Gasteiger partial charge in [0, 0.05) is 12.8 Å². The molecule has 0 heterocycles. The van der Waals surface area contributed by atoms with E-state index in [9.17, 15) is 31.5 Å². The minimum Gasteiger partial charge on any atom is -0.461 e. The molecule has 2 rings (SSSR count). The summed E-state index contributed by atoms with van der Waals surface area (Å²) in [5.41, 5.74) is 0.808. The third-order valence-electron chi connectivity index (χ3n) is 3.64. The lowest BCUT2D eigenvalue weighted by molar-refractivity contribution is -0.145. The van der Waals surface area contributed by atoms with E-state index in [1.54, 1.807) is 24.3 Å². The van der Waals surface area contributed by atoms with Crippen molar-refractivity contribution >= 4 is 11.9 Å². The molecule has 0 spiro atoms. The SMILES string of the molecule is O=C(CCCCC(=O)Oc1c(F)c(F)c(F)c(F)c1F)OCc1ccccc1. The standard InChI is InChI=1S/C19H15F5O4/c20-14-15(21)17(23)19(18(24)16(14)22)28-13(26)9-5-4-8-12(25)27-10-11-6-2-1-3-7-11/h1-3,6-7H,4-5,8-10H2. The number of hydrogen-bond acceptors (Lipinski definition) is 4. The van der Waals surface area contributed by atoms with Crippen molar-refractivity contribution in [1.82, 2.24) is 0 Å². The summed E-state index contributed by atoms with van der Waals surface area (Å²) in [7, 11) is 0. The van der Waals surface area contributed by atoms with Gasteiger partial charge in [-0.1, -0.05) is 30.3 Å². The van der Waals surface area contributed by atoms with Crippen molar-refractivity contribution in [2.24, 2.45) is 0 Å². The fourth-order valence-electron chi connectivity index (χ4n) is 2.19. The molecule has 0 N–H and O–H groups in total. The number of carbonyl (C=O) groups excluding carboxylic acids is 2. The van der Waals surface area contributed by atoms with Crippen LogP contribution in [-0.4, -0.2) is 11.9 Å². The Morgan fingerprint density at radius 1 is 0.714 bits per heavy atom. The Hall–Kier alpha value is -2.97. The van der Waals surface area contributed by atoms with Crippen LogP contribution in [0.15, 0.2) is 30.3 Å². The van der Waals surface area contributed by atoms with Crippen LogP contribution in [0.5, 0.6) is 5.75 Å². The van der Waals surface area contributed by atoms with Crippen LogP contribution in [0.4, 0.5) is 22.0 Å². The first-order valence-electron chi connectivity index (χ1n) is 8.23. The normalized spacial score (nSPS) is 10.6. The smallest absolute Gasteiger partial charge is 0.311 e. The van der Waals surface area contributed by atoms with Crippen molar-refractivity contribution in [1.29, 1.82) is 0 Å². The predicted octanol–water partition coefficient (Wildman–Crippen LogP) is 4.59. The van der Waals surface area contributed by atoms with Gasteiger partial charge in [0.25, 0.3) is 0 Å². The monoisotopic (exact) mass is 402 g/mol. The second-order valence-electron chi connectivity index (χ2n) is 5.73. The molecule has 0 aliphatic heterocycles. The van der Waals surface area contributed by atoms with Gasteiger partial charge in [-0.05, 0) is 18.4 Å². The second-order valence-corrected chi connectivity index (χ2v) is 5.73. The van der Waals surface area contributed by atoms with Crippen LogP contribution in [0, 0.1) is 29.1 Å². The van der Waals surface area contributed by atoms with Crippen molar-refractivity contribution in [2.45, 2.75) is 32.3 Å². The van der Waals surface area contributed by atoms with Gasteiger partial charge in [0.05, 0.1) is 0 Å². The molecular weight excluding hydrogens is 387 g/mol. The minimum atomic E-state index is -2.34. The number of halogens is 5. The molecule has 0 saturated carbocycles. The molecular formula is C19H15F5O4. The lowest BCUT2D eigenvalue weighted by Crippen LogP contribution is -2.13. The van der Waals surface area contributed by atoms with E-state index in [4.69, 9.17) is 4.74 Å². The van der Waals surface area contributed by atoms with Gasteiger partial charge < -0.3 is 9.47 Å². The molecule has 9 heteroatoms. The van der Waals surface area contributed by atoms with Gasteiger partial charge in [-0.3, -0.25) is 9.59 Å². The molecule has 0 saturated heterocycles. The molecule has 0 radical (unpaired) electrons.